The molecule has 0 N–H and O–H groups in total. The van der Waals surface area contributed by atoms with Crippen molar-refractivity contribution in [2.24, 2.45) is 4.99 Å². The first-order chi connectivity index (χ1) is 16.7. The number of ether oxygens (including phenoxy) is 1. The summed E-state index contributed by atoms with van der Waals surface area (Å²) in [6.45, 7) is 5.07. The number of aromatic nitrogens is 1. The van der Waals surface area contributed by atoms with Gasteiger partial charge in [-0.2, -0.15) is 5.26 Å². The average Bonchev–Trinajstić information content (AvgIpc) is 3.13. The maximum Gasteiger partial charge on any atom is 0.338 e. The fraction of sp³-hybridized carbons (Fsp3) is 0.200. The van der Waals surface area contributed by atoms with Gasteiger partial charge in [-0.05, 0) is 50.1 Å². The Bertz CT molecular complexity index is 1610. The molecule has 0 bridgehead atoms. The van der Waals surface area contributed by atoms with Crippen LogP contribution < -0.4 is 14.9 Å². The van der Waals surface area contributed by atoms with Crippen molar-refractivity contribution < 1.29 is 14.5 Å². The fourth-order valence-electron chi connectivity index (χ4n) is 3.91. The van der Waals surface area contributed by atoms with Crippen molar-refractivity contribution in [1.29, 1.82) is 5.26 Å². The molecule has 0 fully saturated rings. The first kappa shape index (κ1) is 23.8. The van der Waals surface area contributed by atoms with E-state index in [1.807, 2.05) is 0 Å². The lowest BCUT2D eigenvalue weighted by atomic mass is 9.94. The summed E-state index contributed by atoms with van der Waals surface area (Å²) < 4.78 is 7.00. The van der Waals surface area contributed by atoms with E-state index >= 15 is 0 Å². The van der Waals surface area contributed by atoms with Crippen LogP contribution in [0.2, 0.25) is 0 Å². The predicted molar refractivity (Wildman–Crippen MR) is 129 cm³/mol. The predicted octanol–water partition coefficient (Wildman–Crippen LogP) is 2.89. The van der Waals surface area contributed by atoms with Crippen LogP contribution >= 0.6 is 11.3 Å². The number of thiazole rings is 1. The quantitative estimate of drug-likeness (QED) is 0.309. The van der Waals surface area contributed by atoms with E-state index in [1.54, 1.807) is 63.2 Å². The molecule has 0 aliphatic carbocycles. The van der Waals surface area contributed by atoms with E-state index in [0.717, 1.165) is 16.9 Å². The smallest absolute Gasteiger partial charge is 0.338 e. The minimum atomic E-state index is -0.937. The van der Waals surface area contributed by atoms with Crippen molar-refractivity contribution in [1.82, 2.24) is 4.57 Å². The first-order valence-corrected chi connectivity index (χ1v) is 11.5. The van der Waals surface area contributed by atoms with Crippen molar-refractivity contribution in [3.05, 3.63) is 106 Å². The van der Waals surface area contributed by atoms with Gasteiger partial charge in [0.1, 0.15) is 0 Å². The molecule has 1 aromatic heterocycles. The third kappa shape index (κ3) is 4.41. The Labute approximate surface area is 203 Å². The number of carbonyl (C=O) groups is 1. The minimum Gasteiger partial charge on any atom is -0.463 e. The largest absolute Gasteiger partial charge is 0.463 e. The maximum absolute atomic E-state index is 13.6. The van der Waals surface area contributed by atoms with Gasteiger partial charge in [-0.3, -0.25) is 19.5 Å². The second kappa shape index (κ2) is 9.48. The van der Waals surface area contributed by atoms with Crippen LogP contribution in [-0.4, -0.2) is 22.1 Å². The van der Waals surface area contributed by atoms with Gasteiger partial charge in [0.15, 0.2) is 4.80 Å². The molecule has 10 heteroatoms. The molecule has 9 nitrogen and oxygen atoms in total. The molecule has 2 heterocycles. The molecule has 35 heavy (non-hydrogen) atoms. The number of carbonyl (C=O) groups excluding carboxylic acids is 1. The molecule has 3 aromatic rings. The normalized spacial score (nSPS) is 15.3. The van der Waals surface area contributed by atoms with Gasteiger partial charge >= 0.3 is 5.97 Å². The molecule has 176 valence electrons. The molecular weight excluding hydrogens is 468 g/mol. The van der Waals surface area contributed by atoms with Crippen molar-refractivity contribution in [2.75, 3.05) is 6.61 Å². The van der Waals surface area contributed by atoms with Gasteiger partial charge in [-0.15, -0.1) is 0 Å². The molecule has 2 aromatic carbocycles. The zero-order valence-electron chi connectivity index (χ0n) is 19.1. The molecule has 0 saturated heterocycles. The van der Waals surface area contributed by atoms with E-state index < -0.39 is 16.9 Å². The Kier molecular flexibility index (Phi) is 6.44. The monoisotopic (exact) mass is 488 g/mol. The van der Waals surface area contributed by atoms with Crippen LogP contribution in [0, 0.1) is 28.4 Å². The van der Waals surface area contributed by atoms with E-state index in [4.69, 9.17) is 10.00 Å². The molecular formula is C25H20N4O5S. The lowest BCUT2D eigenvalue weighted by Crippen LogP contribution is -2.40. The van der Waals surface area contributed by atoms with E-state index in [1.165, 1.54) is 10.6 Å². The van der Waals surface area contributed by atoms with Gasteiger partial charge in [0.25, 0.3) is 11.2 Å². The van der Waals surface area contributed by atoms with Crippen molar-refractivity contribution in [3.63, 3.8) is 0 Å². The van der Waals surface area contributed by atoms with Crippen LogP contribution in [0.1, 0.15) is 42.1 Å². The number of benzene rings is 2. The summed E-state index contributed by atoms with van der Waals surface area (Å²) in [6.07, 6.45) is 1.68. The van der Waals surface area contributed by atoms with Gasteiger partial charge in [0, 0.05) is 11.6 Å². The van der Waals surface area contributed by atoms with Gasteiger partial charge in [0.2, 0.25) is 0 Å². The Morgan fingerprint density at radius 3 is 2.63 bits per heavy atom. The zero-order valence-corrected chi connectivity index (χ0v) is 20.0. The Hall–Kier alpha value is -4.36. The number of nitro groups is 1. The summed E-state index contributed by atoms with van der Waals surface area (Å²) in [4.78, 5) is 42.5. The lowest BCUT2D eigenvalue weighted by Gasteiger charge is -2.24. The summed E-state index contributed by atoms with van der Waals surface area (Å²) in [7, 11) is 0. The molecule has 1 atom stereocenters. The van der Waals surface area contributed by atoms with E-state index in [-0.39, 0.29) is 23.4 Å². The zero-order chi connectivity index (χ0) is 25.3. The van der Waals surface area contributed by atoms with Crippen LogP contribution in [0.25, 0.3) is 6.08 Å². The van der Waals surface area contributed by atoms with Crippen LogP contribution in [0.4, 0.5) is 5.69 Å². The number of nitriles is 1. The highest BCUT2D eigenvalue weighted by atomic mass is 32.1. The highest BCUT2D eigenvalue weighted by Gasteiger charge is 2.34. The summed E-state index contributed by atoms with van der Waals surface area (Å²) in [5.41, 5.74) is 2.12. The second-order valence-electron chi connectivity index (χ2n) is 7.84. The van der Waals surface area contributed by atoms with Crippen molar-refractivity contribution in [2.45, 2.75) is 26.8 Å². The number of allylic oxidation sites excluding steroid dienone is 1. The number of fused-ring (bicyclic) bond motifs is 1. The Balaban J connectivity index is 1.97. The van der Waals surface area contributed by atoms with Crippen LogP contribution in [0.15, 0.2) is 63.5 Å². The van der Waals surface area contributed by atoms with Gasteiger partial charge in [-0.1, -0.05) is 35.6 Å². The molecule has 1 aliphatic heterocycles. The highest BCUT2D eigenvalue weighted by Crippen LogP contribution is 2.33. The third-order valence-corrected chi connectivity index (χ3v) is 6.58. The number of rotatable bonds is 5. The van der Waals surface area contributed by atoms with Crippen LogP contribution in [0.3, 0.4) is 0 Å². The van der Waals surface area contributed by atoms with E-state index in [0.29, 0.717) is 31.7 Å². The molecule has 0 radical (unpaired) electrons. The number of nitrogens with zero attached hydrogens (tertiary/aromatic N) is 4. The van der Waals surface area contributed by atoms with Crippen LogP contribution in [-0.2, 0) is 9.53 Å². The Morgan fingerprint density at radius 2 is 2.00 bits per heavy atom. The fourth-order valence-corrected chi connectivity index (χ4v) is 4.95. The molecule has 0 amide bonds. The summed E-state index contributed by atoms with van der Waals surface area (Å²) in [6, 6.07) is 12.5. The molecule has 0 spiro atoms. The van der Waals surface area contributed by atoms with E-state index in [2.05, 4.69) is 11.1 Å². The average molecular weight is 489 g/mol. The highest BCUT2D eigenvalue weighted by molar-refractivity contribution is 7.07. The van der Waals surface area contributed by atoms with Gasteiger partial charge in [0.05, 0.1) is 45.0 Å². The number of hydrogen-bond donors (Lipinski definition) is 0. The second-order valence-corrected chi connectivity index (χ2v) is 8.85. The van der Waals surface area contributed by atoms with Crippen LogP contribution in [0.5, 0.6) is 0 Å². The first-order valence-electron chi connectivity index (χ1n) is 10.7. The SMILES string of the molecule is CCOC(=O)C1=C(C)N=c2s/c(=C/c3ccc(C#N)cc3)c(=O)n2[C@@H]1c1ccc(C)c([N+](=O)[O-])c1. The summed E-state index contributed by atoms with van der Waals surface area (Å²) in [5, 5.41) is 20.6. The van der Waals surface area contributed by atoms with Crippen molar-refractivity contribution in [3.8, 4) is 6.07 Å². The number of esters is 1. The standard InChI is InChI=1S/C25H20N4O5S/c1-4-34-24(31)21-15(3)27-25-28(22(21)18-10-5-14(2)19(12-18)29(32)33)23(30)20(35-25)11-16-6-8-17(13-26)9-7-16/h5-12,22H,4H2,1-3H3/b20-11+/t22-/m1/s1. The lowest BCUT2D eigenvalue weighted by molar-refractivity contribution is -0.385. The minimum absolute atomic E-state index is 0.111. The number of hydrogen-bond acceptors (Lipinski definition) is 8. The molecule has 4 rings (SSSR count). The van der Waals surface area contributed by atoms with Gasteiger partial charge < -0.3 is 4.74 Å². The summed E-state index contributed by atoms with van der Waals surface area (Å²) in [5.74, 6) is -0.636. The maximum atomic E-state index is 13.6. The number of nitro benzene ring substituents is 1. The topological polar surface area (TPSA) is 128 Å². The van der Waals surface area contributed by atoms with Crippen molar-refractivity contribution >= 4 is 29.1 Å². The summed E-state index contributed by atoms with van der Waals surface area (Å²) >= 11 is 1.15. The molecule has 0 unspecified atom stereocenters. The molecule has 1 aliphatic rings. The molecule has 0 saturated carbocycles. The Morgan fingerprint density at radius 1 is 1.29 bits per heavy atom. The number of aryl methyl sites for hydroxylation is 1. The van der Waals surface area contributed by atoms with E-state index in [9.17, 15) is 19.7 Å². The van der Waals surface area contributed by atoms with Gasteiger partial charge in [-0.25, -0.2) is 9.79 Å². The third-order valence-electron chi connectivity index (χ3n) is 5.60.